The highest BCUT2D eigenvalue weighted by Gasteiger charge is 2.12. The van der Waals surface area contributed by atoms with E-state index in [0.717, 1.165) is 12.0 Å². The van der Waals surface area contributed by atoms with Gasteiger partial charge in [-0.25, -0.2) is 0 Å². The Hall–Kier alpha value is 0.340. The van der Waals surface area contributed by atoms with Gasteiger partial charge in [0, 0.05) is 0 Å². The molecular weight excluding hydrogens is 264 g/mol. The summed E-state index contributed by atoms with van der Waals surface area (Å²) >= 11 is 23.7. The highest BCUT2D eigenvalue weighted by atomic mass is 35.5. The first-order valence-electron chi connectivity index (χ1n) is 4.10. The molecule has 0 unspecified atom stereocenters. The minimum atomic E-state index is 0.424. The van der Waals surface area contributed by atoms with Crippen molar-refractivity contribution in [2.45, 2.75) is 12.8 Å². The van der Waals surface area contributed by atoms with E-state index in [9.17, 15) is 0 Å². The summed E-state index contributed by atoms with van der Waals surface area (Å²) in [6.07, 6.45) is 1.49. The van der Waals surface area contributed by atoms with Gasteiger partial charge in [-0.1, -0.05) is 46.4 Å². The SMILES string of the molecule is NCCCc1c(Cl)c(Cl)cc(Cl)c1Cl. The van der Waals surface area contributed by atoms with Gasteiger partial charge in [0.1, 0.15) is 0 Å². The van der Waals surface area contributed by atoms with Crippen LogP contribution in [0.2, 0.25) is 20.1 Å². The molecule has 0 radical (unpaired) electrons. The predicted octanol–water partition coefficient (Wildman–Crippen LogP) is 4.19. The smallest absolute Gasteiger partial charge is 0.0640 e. The van der Waals surface area contributed by atoms with Crippen LogP contribution >= 0.6 is 46.4 Å². The molecule has 0 aromatic heterocycles. The predicted molar refractivity (Wildman–Crippen MR) is 63.9 cm³/mol. The number of rotatable bonds is 3. The molecule has 0 atom stereocenters. The molecule has 78 valence electrons. The Labute approximate surface area is 103 Å². The molecule has 0 aliphatic heterocycles. The van der Waals surface area contributed by atoms with Crippen LogP contribution in [-0.2, 0) is 6.42 Å². The lowest BCUT2D eigenvalue weighted by molar-refractivity contribution is 0.833. The lowest BCUT2D eigenvalue weighted by Gasteiger charge is -2.09. The molecule has 1 rings (SSSR count). The largest absolute Gasteiger partial charge is 0.330 e. The lowest BCUT2D eigenvalue weighted by Crippen LogP contribution is -2.01. The van der Waals surface area contributed by atoms with Crippen LogP contribution in [0.4, 0.5) is 0 Å². The first kappa shape index (κ1) is 12.4. The average molecular weight is 273 g/mol. The van der Waals surface area contributed by atoms with Gasteiger partial charge in [0.15, 0.2) is 0 Å². The van der Waals surface area contributed by atoms with Crippen molar-refractivity contribution in [3.05, 3.63) is 31.7 Å². The third-order valence-electron chi connectivity index (χ3n) is 1.83. The van der Waals surface area contributed by atoms with Crippen LogP contribution in [-0.4, -0.2) is 6.54 Å². The molecule has 14 heavy (non-hydrogen) atoms. The Bertz CT molecular complexity index is 312. The van der Waals surface area contributed by atoms with E-state index < -0.39 is 0 Å². The van der Waals surface area contributed by atoms with E-state index in [4.69, 9.17) is 52.1 Å². The molecule has 0 fully saturated rings. The standard InChI is InChI=1S/C9H9Cl4N/c10-6-4-7(11)9(13)5(8(6)12)2-1-3-14/h4H,1-3,14H2. The zero-order chi connectivity index (χ0) is 10.7. The molecule has 0 saturated heterocycles. The van der Waals surface area contributed by atoms with Crippen molar-refractivity contribution in [1.82, 2.24) is 0 Å². The number of halogens is 4. The van der Waals surface area contributed by atoms with Crippen molar-refractivity contribution in [1.29, 1.82) is 0 Å². The van der Waals surface area contributed by atoms with E-state index in [2.05, 4.69) is 0 Å². The maximum absolute atomic E-state index is 5.99. The number of nitrogens with two attached hydrogens (primary N) is 1. The van der Waals surface area contributed by atoms with Crippen LogP contribution in [0.25, 0.3) is 0 Å². The van der Waals surface area contributed by atoms with E-state index in [1.54, 1.807) is 6.07 Å². The third kappa shape index (κ3) is 2.68. The third-order valence-corrected chi connectivity index (χ3v) is 3.49. The second kappa shape index (κ2) is 5.43. The highest BCUT2D eigenvalue weighted by Crippen LogP contribution is 2.37. The van der Waals surface area contributed by atoms with E-state index in [1.165, 1.54) is 0 Å². The van der Waals surface area contributed by atoms with Gasteiger partial charge in [-0.15, -0.1) is 0 Å². The van der Waals surface area contributed by atoms with Gasteiger partial charge < -0.3 is 5.73 Å². The minimum absolute atomic E-state index is 0.424. The molecule has 0 saturated carbocycles. The molecule has 0 spiro atoms. The van der Waals surface area contributed by atoms with Crippen LogP contribution in [0, 0.1) is 0 Å². The topological polar surface area (TPSA) is 26.0 Å². The van der Waals surface area contributed by atoms with Crippen LogP contribution in [0.5, 0.6) is 0 Å². The second-order valence-electron chi connectivity index (χ2n) is 2.84. The van der Waals surface area contributed by atoms with Gasteiger partial charge in [0.25, 0.3) is 0 Å². The molecule has 0 amide bonds. The highest BCUT2D eigenvalue weighted by molar-refractivity contribution is 6.48. The zero-order valence-electron chi connectivity index (χ0n) is 7.29. The van der Waals surface area contributed by atoms with Crippen molar-refractivity contribution >= 4 is 46.4 Å². The molecule has 0 bridgehead atoms. The fourth-order valence-corrected chi connectivity index (χ4v) is 2.16. The molecule has 1 aromatic rings. The molecule has 2 N–H and O–H groups in total. The summed E-state index contributed by atoms with van der Waals surface area (Å²) in [6.45, 7) is 0.580. The van der Waals surface area contributed by atoms with Crippen LogP contribution in [0.3, 0.4) is 0 Å². The molecule has 1 aromatic carbocycles. The van der Waals surface area contributed by atoms with E-state index in [-0.39, 0.29) is 0 Å². The Morgan fingerprint density at radius 3 is 1.93 bits per heavy atom. The maximum Gasteiger partial charge on any atom is 0.0640 e. The van der Waals surface area contributed by atoms with Crippen LogP contribution in [0.1, 0.15) is 12.0 Å². The summed E-state index contributed by atoms with van der Waals surface area (Å²) in [5.41, 5.74) is 6.17. The van der Waals surface area contributed by atoms with Gasteiger partial charge in [-0.3, -0.25) is 0 Å². The van der Waals surface area contributed by atoms with Crippen molar-refractivity contribution in [3.63, 3.8) is 0 Å². The molecule has 0 heterocycles. The Morgan fingerprint density at radius 2 is 1.50 bits per heavy atom. The van der Waals surface area contributed by atoms with Gasteiger partial charge in [0.2, 0.25) is 0 Å². The Kier molecular flexibility index (Phi) is 4.81. The Morgan fingerprint density at radius 1 is 1.00 bits per heavy atom. The Balaban J connectivity index is 3.11. The van der Waals surface area contributed by atoms with E-state index >= 15 is 0 Å². The molecule has 1 nitrogen and oxygen atoms in total. The van der Waals surface area contributed by atoms with Gasteiger partial charge in [0.05, 0.1) is 20.1 Å². The van der Waals surface area contributed by atoms with Gasteiger partial charge in [-0.05, 0) is 31.0 Å². The number of hydrogen-bond donors (Lipinski definition) is 1. The number of benzene rings is 1. The van der Waals surface area contributed by atoms with Crippen molar-refractivity contribution in [2.75, 3.05) is 6.54 Å². The summed E-state index contributed by atoms with van der Waals surface area (Å²) in [6, 6.07) is 1.54. The monoisotopic (exact) mass is 271 g/mol. The van der Waals surface area contributed by atoms with Crippen LogP contribution < -0.4 is 5.73 Å². The maximum atomic E-state index is 5.99. The fourth-order valence-electron chi connectivity index (χ4n) is 1.12. The van der Waals surface area contributed by atoms with E-state index in [0.29, 0.717) is 33.1 Å². The van der Waals surface area contributed by atoms with Crippen molar-refractivity contribution < 1.29 is 0 Å². The normalized spacial score (nSPS) is 10.6. The second-order valence-corrected chi connectivity index (χ2v) is 4.41. The first-order valence-corrected chi connectivity index (χ1v) is 5.61. The number of hydrogen-bond acceptors (Lipinski definition) is 1. The summed E-state index contributed by atoms with van der Waals surface area (Å²) in [5.74, 6) is 0. The summed E-state index contributed by atoms with van der Waals surface area (Å²) in [5, 5.41) is 1.78. The quantitative estimate of drug-likeness (QED) is 0.821. The van der Waals surface area contributed by atoms with Crippen LogP contribution in [0.15, 0.2) is 6.07 Å². The van der Waals surface area contributed by atoms with Crippen molar-refractivity contribution in [2.24, 2.45) is 5.73 Å². The summed E-state index contributed by atoms with van der Waals surface area (Å²) < 4.78 is 0. The van der Waals surface area contributed by atoms with Crippen molar-refractivity contribution in [3.8, 4) is 0 Å². The average Bonchev–Trinajstić information content (AvgIpc) is 2.15. The lowest BCUT2D eigenvalue weighted by atomic mass is 10.1. The molecule has 0 aliphatic rings. The summed E-state index contributed by atoms with van der Waals surface area (Å²) in [7, 11) is 0. The summed E-state index contributed by atoms with van der Waals surface area (Å²) in [4.78, 5) is 0. The molecule has 5 heteroatoms. The molecular formula is C9H9Cl4N. The van der Waals surface area contributed by atoms with E-state index in [1.807, 2.05) is 0 Å². The van der Waals surface area contributed by atoms with Gasteiger partial charge in [-0.2, -0.15) is 0 Å². The molecule has 0 aliphatic carbocycles. The minimum Gasteiger partial charge on any atom is -0.330 e. The first-order chi connectivity index (χ1) is 6.57. The zero-order valence-corrected chi connectivity index (χ0v) is 10.3. The fraction of sp³-hybridized carbons (Fsp3) is 0.333. The van der Waals surface area contributed by atoms with Gasteiger partial charge >= 0.3 is 0 Å².